The molecular weight excluding hydrogens is 433 g/mol. The van der Waals surface area contributed by atoms with Gasteiger partial charge in [0, 0.05) is 24.9 Å². The molecule has 2 N–H and O–H groups in total. The van der Waals surface area contributed by atoms with Crippen molar-refractivity contribution in [3.63, 3.8) is 0 Å². The average molecular weight is 445 g/mol. The molecule has 0 spiro atoms. The van der Waals surface area contributed by atoms with Crippen LogP contribution >= 0.6 is 11.6 Å². The SMILES string of the molecule is Cn1cnc(-c2cc(Cl)c(F)c(C(=O)NNS(=O)(=O)c3ccc(F)cc3F)c2)c1. The Hall–Kier alpha value is -2.89. The highest BCUT2D eigenvalue weighted by Crippen LogP contribution is 2.27. The molecule has 2 aromatic carbocycles. The molecule has 0 radical (unpaired) electrons. The number of hydrazine groups is 1. The molecule has 29 heavy (non-hydrogen) atoms. The summed E-state index contributed by atoms with van der Waals surface area (Å²) in [5.41, 5.74) is 1.92. The third-order valence-electron chi connectivity index (χ3n) is 3.76. The maximum atomic E-state index is 14.3. The number of aromatic nitrogens is 2. The second kappa shape index (κ2) is 7.85. The molecule has 0 aliphatic carbocycles. The summed E-state index contributed by atoms with van der Waals surface area (Å²) in [5, 5.41) is -0.384. The van der Waals surface area contributed by atoms with Crippen molar-refractivity contribution in [2.45, 2.75) is 4.90 Å². The van der Waals surface area contributed by atoms with Crippen molar-refractivity contribution in [2.24, 2.45) is 7.05 Å². The molecule has 0 fully saturated rings. The van der Waals surface area contributed by atoms with Crippen LogP contribution in [0, 0.1) is 17.5 Å². The first-order chi connectivity index (χ1) is 13.6. The molecule has 3 aromatic rings. The molecule has 12 heteroatoms. The molecule has 0 bridgehead atoms. The van der Waals surface area contributed by atoms with Crippen LogP contribution in [0.5, 0.6) is 0 Å². The highest BCUT2D eigenvalue weighted by Gasteiger charge is 2.23. The van der Waals surface area contributed by atoms with Crippen molar-refractivity contribution < 1.29 is 26.4 Å². The number of halogens is 4. The van der Waals surface area contributed by atoms with Crippen LogP contribution in [0.25, 0.3) is 11.3 Å². The minimum Gasteiger partial charge on any atom is -0.340 e. The van der Waals surface area contributed by atoms with Gasteiger partial charge in [-0.3, -0.25) is 10.2 Å². The van der Waals surface area contributed by atoms with Crippen LogP contribution in [0.15, 0.2) is 47.8 Å². The maximum Gasteiger partial charge on any atom is 0.269 e. The Morgan fingerprint density at radius 1 is 1.17 bits per heavy atom. The number of aryl methyl sites for hydroxylation is 1. The van der Waals surface area contributed by atoms with Gasteiger partial charge < -0.3 is 4.57 Å². The standard InChI is InChI=1S/C17H12ClF3N4O3S/c1-25-7-14(22-8-25)9-4-11(16(21)12(18)5-9)17(26)23-24-29(27,28)15-3-2-10(19)6-13(15)20/h2-8,24H,1H3,(H,23,26). The summed E-state index contributed by atoms with van der Waals surface area (Å²) >= 11 is 5.83. The van der Waals surface area contributed by atoms with E-state index in [0.29, 0.717) is 23.4 Å². The number of carbonyl (C=O) groups is 1. The lowest BCUT2D eigenvalue weighted by atomic mass is 10.1. The van der Waals surface area contributed by atoms with Crippen LogP contribution in [0.3, 0.4) is 0 Å². The molecule has 1 heterocycles. The number of hydrogen-bond donors (Lipinski definition) is 2. The van der Waals surface area contributed by atoms with Crippen LogP contribution < -0.4 is 10.3 Å². The molecule has 7 nitrogen and oxygen atoms in total. The minimum absolute atomic E-state index is 0.314. The van der Waals surface area contributed by atoms with Crippen molar-refractivity contribution in [1.29, 1.82) is 0 Å². The summed E-state index contributed by atoms with van der Waals surface area (Å²) in [5.74, 6) is -4.61. The van der Waals surface area contributed by atoms with Gasteiger partial charge in [-0.25, -0.2) is 26.6 Å². The second-order valence-corrected chi connectivity index (χ2v) is 7.94. The fourth-order valence-electron chi connectivity index (χ4n) is 2.39. The first kappa shape index (κ1) is 20.8. The van der Waals surface area contributed by atoms with E-state index < -0.39 is 43.8 Å². The van der Waals surface area contributed by atoms with E-state index in [1.807, 2.05) is 0 Å². The second-order valence-electron chi connectivity index (χ2n) is 5.88. The number of amides is 1. The lowest BCUT2D eigenvalue weighted by molar-refractivity contribution is 0.0941. The summed E-state index contributed by atoms with van der Waals surface area (Å²) in [6.45, 7) is 0. The Labute approximate surface area is 168 Å². The van der Waals surface area contributed by atoms with Crippen molar-refractivity contribution >= 4 is 27.5 Å². The Kier molecular flexibility index (Phi) is 5.64. The smallest absolute Gasteiger partial charge is 0.269 e. The van der Waals surface area contributed by atoms with Gasteiger partial charge in [-0.15, -0.1) is 4.83 Å². The summed E-state index contributed by atoms with van der Waals surface area (Å²) < 4.78 is 66.8. The number of carbonyl (C=O) groups excluding carboxylic acids is 1. The number of nitrogens with zero attached hydrogens (tertiary/aromatic N) is 2. The Balaban J connectivity index is 1.86. The molecule has 0 aliphatic rings. The molecule has 0 saturated carbocycles. The number of imidazole rings is 1. The summed E-state index contributed by atoms with van der Waals surface area (Å²) in [6.07, 6.45) is 3.09. The highest BCUT2D eigenvalue weighted by molar-refractivity contribution is 7.89. The van der Waals surface area contributed by atoms with E-state index in [0.717, 1.165) is 12.1 Å². The van der Waals surface area contributed by atoms with Gasteiger partial charge in [0.05, 0.1) is 22.6 Å². The molecule has 0 atom stereocenters. The van der Waals surface area contributed by atoms with Crippen molar-refractivity contribution in [3.8, 4) is 11.3 Å². The van der Waals surface area contributed by atoms with Gasteiger partial charge in [0.25, 0.3) is 15.9 Å². The van der Waals surface area contributed by atoms with Crippen molar-refractivity contribution in [1.82, 2.24) is 19.8 Å². The zero-order chi connectivity index (χ0) is 21.3. The molecule has 0 saturated heterocycles. The van der Waals surface area contributed by atoms with Crippen LogP contribution in [0.1, 0.15) is 10.4 Å². The van der Waals surface area contributed by atoms with E-state index in [1.165, 1.54) is 12.4 Å². The van der Waals surface area contributed by atoms with E-state index >= 15 is 0 Å². The van der Waals surface area contributed by atoms with Crippen LogP contribution in [-0.2, 0) is 17.1 Å². The Morgan fingerprint density at radius 2 is 1.90 bits per heavy atom. The van der Waals surface area contributed by atoms with Gasteiger partial charge in [0.15, 0.2) is 5.82 Å². The van der Waals surface area contributed by atoms with Crippen molar-refractivity contribution in [3.05, 3.63) is 70.9 Å². The van der Waals surface area contributed by atoms with Gasteiger partial charge in [0.2, 0.25) is 0 Å². The molecule has 152 valence electrons. The Bertz CT molecular complexity index is 1210. The van der Waals surface area contributed by atoms with E-state index in [1.54, 1.807) is 28.1 Å². The molecule has 1 aromatic heterocycles. The van der Waals surface area contributed by atoms with E-state index in [-0.39, 0.29) is 5.02 Å². The molecule has 0 unspecified atom stereocenters. The largest absolute Gasteiger partial charge is 0.340 e. The third-order valence-corrected chi connectivity index (χ3v) is 5.31. The van der Waals surface area contributed by atoms with Gasteiger partial charge in [-0.1, -0.05) is 11.6 Å². The highest BCUT2D eigenvalue weighted by atomic mass is 35.5. The monoisotopic (exact) mass is 444 g/mol. The molecule has 3 rings (SSSR count). The first-order valence-electron chi connectivity index (χ1n) is 7.83. The first-order valence-corrected chi connectivity index (χ1v) is 9.69. The van der Waals surface area contributed by atoms with E-state index in [2.05, 4.69) is 4.98 Å². The van der Waals surface area contributed by atoms with Crippen LogP contribution in [0.4, 0.5) is 13.2 Å². The van der Waals surface area contributed by atoms with Gasteiger partial charge in [0.1, 0.15) is 16.5 Å². The predicted octanol–water partition coefficient (Wildman–Crippen LogP) is 2.78. The fraction of sp³-hybridized carbons (Fsp3) is 0.0588. The normalized spacial score (nSPS) is 11.5. The summed E-state index contributed by atoms with van der Waals surface area (Å²) in [4.78, 5) is 17.1. The number of hydrogen-bond acceptors (Lipinski definition) is 4. The van der Waals surface area contributed by atoms with E-state index in [4.69, 9.17) is 11.6 Å². The number of rotatable bonds is 5. The lowest BCUT2D eigenvalue weighted by Gasteiger charge is -2.11. The quantitative estimate of drug-likeness (QED) is 0.592. The third kappa shape index (κ3) is 4.42. The maximum absolute atomic E-state index is 14.3. The molecular formula is C17H12ClF3N4O3S. The lowest BCUT2D eigenvalue weighted by Crippen LogP contribution is -2.42. The summed E-state index contributed by atoms with van der Waals surface area (Å²) in [6, 6.07) is 4.17. The van der Waals surface area contributed by atoms with Gasteiger partial charge >= 0.3 is 0 Å². The molecule has 0 aliphatic heterocycles. The zero-order valence-electron chi connectivity index (χ0n) is 14.6. The van der Waals surface area contributed by atoms with Crippen LogP contribution in [0.2, 0.25) is 5.02 Å². The van der Waals surface area contributed by atoms with Crippen molar-refractivity contribution in [2.75, 3.05) is 0 Å². The topological polar surface area (TPSA) is 93.1 Å². The van der Waals surface area contributed by atoms with Gasteiger partial charge in [-0.2, -0.15) is 0 Å². The van der Waals surface area contributed by atoms with Crippen LogP contribution in [-0.4, -0.2) is 23.9 Å². The minimum atomic E-state index is -4.59. The average Bonchev–Trinajstić information content (AvgIpc) is 3.08. The fourth-order valence-corrected chi connectivity index (χ4v) is 3.51. The van der Waals surface area contributed by atoms with Gasteiger partial charge in [-0.05, 0) is 24.3 Å². The van der Waals surface area contributed by atoms with E-state index in [9.17, 15) is 26.4 Å². The number of benzene rings is 2. The summed E-state index contributed by atoms with van der Waals surface area (Å²) in [7, 11) is -2.88. The molecule has 1 amide bonds. The number of sulfonamides is 1. The Morgan fingerprint density at radius 3 is 2.52 bits per heavy atom. The predicted molar refractivity (Wildman–Crippen MR) is 97.8 cm³/mol. The zero-order valence-corrected chi connectivity index (χ0v) is 16.2. The number of nitrogens with one attached hydrogen (secondary N) is 2.